The van der Waals surface area contributed by atoms with Crippen LogP contribution in [0.2, 0.25) is 0 Å². The van der Waals surface area contributed by atoms with Crippen molar-refractivity contribution in [2.75, 3.05) is 10.6 Å². The predicted molar refractivity (Wildman–Crippen MR) is 163 cm³/mol. The van der Waals surface area contributed by atoms with Gasteiger partial charge in [0.2, 0.25) is 5.91 Å². The number of carbonyl (C=O) groups excluding carboxylic acids is 3. The average molecular weight is 587 g/mol. The first-order valence-electron chi connectivity index (χ1n) is 12.4. The van der Waals surface area contributed by atoms with E-state index in [-0.39, 0.29) is 17.3 Å². The standard InChI is InChI=1S/C30H26N4O5S2/c1-19-8-11-24(34(38)39)17-26(19)32-28(35)20(2)41-25-12-9-23(10-13-25)31-30(37)27(16-21-14-15-40-18-21)33-29(36)22-6-4-3-5-7-22/h3-18,20H,1-2H3,(H,31,37)(H,32,35)(H,33,36)/b27-16-. The SMILES string of the molecule is Cc1ccc([N+](=O)[O-])cc1NC(=O)C(C)Sc1ccc(NC(=O)/C(=C/c2ccsc2)NC(=O)c2ccccc2)cc1. The van der Waals surface area contributed by atoms with Gasteiger partial charge in [0.1, 0.15) is 5.70 Å². The molecule has 1 heterocycles. The number of benzene rings is 3. The lowest BCUT2D eigenvalue weighted by Gasteiger charge is -2.14. The largest absolute Gasteiger partial charge is 0.325 e. The van der Waals surface area contributed by atoms with Gasteiger partial charge in [0.15, 0.2) is 0 Å². The second-order valence-electron chi connectivity index (χ2n) is 8.92. The van der Waals surface area contributed by atoms with Crippen LogP contribution in [0.3, 0.4) is 0 Å². The van der Waals surface area contributed by atoms with Crippen LogP contribution < -0.4 is 16.0 Å². The Morgan fingerprint density at radius 1 is 0.976 bits per heavy atom. The van der Waals surface area contributed by atoms with Crippen LogP contribution in [0.1, 0.15) is 28.4 Å². The molecule has 208 valence electrons. The highest BCUT2D eigenvalue weighted by atomic mass is 32.2. The molecule has 0 radical (unpaired) electrons. The van der Waals surface area contributed by atoms with Crippen LogP contribution in [0.5, 0.6) is 0 Å². The average Bonchev–Trinajstić information content (AvgIpc) is 3.48. The fraction of sp³-hybridized carbons (Fsp3) is 0.100. The van der Waals surface area contributed by atoms with Crippen molar-refractivity contribution in [3.8, 4) is 0 Å². The number of non-ortho nitro benzene ring substituents is 1. The van der Waals surface area contributed by atoms with E-state index in [1.54, 1.807) is 80.6 Å². The topological polar surface area (TPSA) is 130 Å². The highest BCUT2D eigenvalue weighted by molar-refractivity contribution is 8.00. The van der Waals surface area contributed by atoms with Crippen molar-refractivity contribution >= 4 is 64.0 Å². The number of rotatable bonds is 10. The van der Waals surface area contributed by atoms with Gasteiger partial charge >= 0.3 is 0 Å². The number of thiophene rings is 1. The van der Waals surface area contributed by atoms with E-state index in [2.05, 4.69) is 16.0 Å². The summed E-state index contributed by atoms with van der Waals surface area (Å²) in [6, 6.07) is 21.7. The molecule has 4 rings (SSSR count). The molecule has 0 bridgehead atoms. The predicted octanol–water partition coefficient (Wildman–Crippen LogP) is 6.49. The molecule has 1 aromatic heterocycles. The Balaban J connectivity index is 1.40. The number of hydrogen-bond acceptors (Lipinski definition) is 7. The molecule has 1 unspecified atom stereocenters. The van der Waals surface area contributed by atoms with Gasteiger partial charge in [-0.15, -0.1) is 11.8 Å². The summed E-state index contributed by atoms with van der Waals surface area (Å²) in [5.41, 5.74) is 2.82. The van der Waals surface area contributed by atoms with E-state index in [0.29, 0.717) is 22.5 Å². The van der Waals surface area contributed by atoms with Gasteiger partial charge in [-0.3, -0.25) is 24.5 Å². The second-order valence-corrected chi connectivity index (χ2v) is 11.1. The van der Waals surface area contributed by atoms with E-state index in [1.165, 1.54) is 35.2 Å². The lowest BCUT2D eigenvalue weighted by molar-refractivity contribution is -0.384. The number of nitrogens with zero attached hydrogens (tertiary/aromatic N) is 1. The summed E-state index contributed by atoms with van der Waals surface area (Å²) >= 11 is 2.78. The summed E-state index contributed by atoms with van der Waals surface area (Å²) in [5, 5.41) is 22.6. The van der Waals surface area contributed by atoms with E-state index < -0.39 is 22.0 Å². The van der Waals surface area contributed by atoms with Gasteiger partial charge in [-0.05, 0) is 84.3 Å². The number of thioether (sulfide) groups is 1. The first-order valence-corrected chi connectivity index (χ1v) is 14.3. The summed E-state index contributed by atoms with van der Waals surface area (Å²) in [5.74, 6) is -1.18. The highest BCUT2D eigenvalue weighted by Gasteiger charge is 2.18. The highest BCUT2D eigenvalue weighted by Crippen LogP contribution is 2.27. The number of nitro benzene ring substituents is 1. The maximum Gasteiger partial charge on any atom is 0.272 e. The van der Waals surface area contributed by atoms with Crippen molar-refractivity contribution in [2.24, 2.45) is 0 Å². The fourth-order valence-electron chi connectivity index (χ4n) is 3.63. The zero-order valence-electron chi connectivity index (χ0n) is 22.1. The minimum atomic E-state index is -0.508. The zero-order chi connectivity index (χ0) is 29.4. The molecule has 3 N–H and O–H groups in total. The summed E-state index contributed by atoms with van der Waals surface area (Å²) < 4.78 is 0. The van der Waals surface area contributed by atoms with Crippen LogP contribution in [0, 0.1) is 17.0 Å². The minimum Gasteiger partial charge on any atom is -0.325 e. The third-order valence-corrected chi connectivity index (χ3v) is 7.68. The summed E-state index contributed by atoms with van der Waals surface area (Å²) in [6.07, 6.45) is 1.61. The van der Waals surface area contributed by atoms with Crippen LogP contribution in [-0.4, -0.2) is 27.9 Å². The Morgan fingerprint density at radius 3 is 2.37 bits per heavy atom. The molecule has 0 aliphatic carbocycles. The van der Waals surface area contributed by atoms with E-state index in [0.717, 1.165) is 10.5 Å². The molecule has 4 aromatic rings. The van der Waals surface area contributed by atoms with Crippen LogP contribution >= 0.6 is 23.1 Å². The Labute approximate surface area is 244 Å². The van der Waals surface area contributed by atoms with Gasteiger partial charge in [0.05, 0.1) is 15.9 Å². The first-order chi connectivity index (χ1) is 19.7. The number of nitro groups is 1. The zero-order valence-corrected chi connectivity index (χ0v) is 23.8. The summed E-state index contributed by atoms with van der Waals surface area (Å²) in [4.78, 5) is 50.0. The molecule has 1 atom stereocenters. The van der Waals surface area contributed by atoms with Crippen LogP contribution in [0.15, 0.2) is 100 Å². The quantitative estimate of drug-likeness (QED) is 0.0842. The first kappa shape index (κ1) is 29.2. The molecule has 9 nitrogen and oxygen atoms in total. The monoisotopic (exact) mass is 586 g/mol. The number of aryl methyl sites for hydroxylation is 1. The van der Waals surface area contributed by atoms with Gasteiger partial charge in [0, 0.05) is 28.3 Å². The van der Waals surface area contributed by atoms with Gasteiger partial charge in [-0.1, -0.05) is 24.3 Å². The molecule has 0 saturated carbocycles. The normalized spacial score (nSPS) is 11.8. The number of carbonyl (C=O) groups is 3. The number of amides is 3. The number of anilines is 2. The Hall–Kier alpha value is -4.74. The molecule has 0 aliphatic heterocycles. The van der Waals surface area contributed by atoms with Crippen molar-refractivity contribution in [3.05, 3.63) is 122 Å². The van der Waals surface area contributed by atoms with E-state index in [4.69, 9.17) is 0 Å². The van der Waals surface area contributed by atoms with Crippen molar-refractivity contribution in [1.82, 2.24) is 5.32 Å². The fourth-order valence-corrected chi connectivity index (χ4v) is 5.12. The van der Waals surface area contributed by atoms with Gasteiger partial charge < -0.3 is 16.0 Å². The number of nitrogens with one attached hydrogen (secondary N) is 3. The van der Waals surface area contributed by atoms with Crippen LogP contribution in [-0.2, 0) is 9.59 Å². The van der Waals surface area contributed by atoms with E-state index in [1.807, 2.05) is 16.8 Å². The maximum atomic E-state index is 13.1. The molecule has 0 spiro atoms. The Morgan fingerprint density at radius 2 is 1.71 bits per heavy atom. The van der Waals surface area contributed by atoms with Crippen LogP contribution in [0.4, 0.5) is 17.1 Å². The van der Waals surface area contributed by atoms with Gasteiger partial charge in [0.25, 0.3) is 17.5 Å². The Kier molecular flexibility index (Phi) is 9.67. The van der Waals surface area contributed by atoms with Gasteiger partial charge in [-0.25, -0.2) is 0 Å². The number of hydrogen-bond donors (Lipinski definition) is 3. The molecule has 3 amide bonds. The molecule has 0 fully saturated rings. The smallest absolute Gasteiger partial charge is 0.272 e. The molecule has 3 aromatic carbocycles. The van der Waals surface area contributed by atoms with E-state index >= 15 is 0 Å². The van der Waals surface area contributed by atoms with Crippen LogP contribution in [0.25, 0.3) is 6.08 Å². The lowest BCUT2D eigenvalue weighted by atomic mass is 10.2. The third kappa shape index (κ3) is 8.13. The van der Waals surface area contributed by atoms with Crippen molar-refractivity contribution < 1.29 is 19.3 Å². The molecule has 11 heteroatoms. The van der Waals surface area contributed by atoms with Gasteiger partial charge in [-0.2, -0.15) is 11.3 Å². The lowest BCUT2D eigenvalue weighted by Crippen LogP contribution is -2.30. The molecule has 0 saturated heterocycles. The van der Waals surface area contributed by atoms with E-state index in [9.17, 15) is 24.5 Å². The summed E-state index contributed by atoms with van der Waals surface area (Å²) in [7, 11) is 0. The summed E-state index contributed by atoms with van der Waals surface area (Å²) in [6.45, 7) is 3.50. The molecule has 0 aliphatic rings. The maximum absolute atomic E-state index is 13.1. The van der Waals surface area contributed by atoms with Crippen molar-refractivity contribution in [1.29, 1.82) is 0 Å². The van der Waals surface area contributed by atoms with Crippen molar-refractivity contribution in [3.63, 3.8) is 0 Å². The second kappa shape index (κ2) is 13.6. The Bertz CT molecular complexity index is 1590. The third-order valence-electron chi connectivity index (χ3n) is 5.87. The minimum absolute atomic E-state index is 0.0949. The molecular formula is C30H26N4O5S2. The molecule has 41 heavy (non-hydrogen) atoms. The van der Waals surface area contributed by atoms with Crippen molar-refractivity contribution in [2.45, 2.75) is 24.0 Å². The molecular weight excluding hydrogens is 560 g/mol.